The number of fused-ring (bicyclic) bond motifs is 1. The third-order valence-electron chi connectivity index (χ3n) is 2.28. The van der Waals surface area contributed by atoms with Crippen LogP contribution in [-0.4, -0.2) is 30.6 Å². The van der Waals surface area contributed by atoms with Crippen molar-refractivity contribution in [3.63, 3.8) is 0 Å². The Hall–Kier alpha value is -2.01. The van der Waals surface area contributed by atoms with Crippen molar-refractivity contribution in [1.82, 2.24) is 0 Å². The second-order valence-electron chi connectivity index (χ2n) is 3.40. The molecule has 0 fully saturated rings. The number of allylic oxidation sites excluding steroid dienone is 3. The number of carbonyl (C=O) groups excluding carboxylic acids is 2. The second-order valence-corrected chi connectivity index (χ2v) is 3.40. The van der Waals surface area contributed by atoms with E-state index in [-0.39, 0.29) is 17.5 Å². The van der Waals surface area contributed by atoms with Crippen LogP contribution in [0.5, 0.6) is 0 Å². The number of hydrogen-bond donors (Lipinski definition) is 1. The fraction of sp³-hybridized carbons (Fsp3) is 0.182. The molecule has 1 unspecified atom stereocenters. The number of ether oxygens (including phenoxy) is 1. The molecule has 0 saturated carbocycles. The van der Waals surface area contributed by atoms with Crippen LogP contribution >= 0.6 is 0 Å². The highest BCUT2D eigenvalue weighted by Gasteiger charge is 2.24. The maximum Gasteiger partial charge on any atom is 0.356 e. The predicted molar refractivity (Wildman–Crippen MR) is 57.7 cm³/mol. The molecule has 0 radical (unpaired) electrons. The number of ketones is 1. The Kier molecular flexibility index (Phi) is 2.54. The zero-order valence-electron chi connectivity index (χ0n) is 8.64. The zero-order chi connectivity index (χ0) is 11.7. The van der Waals surface area contributed by atoms with E-state index in [2.05, 4.69) is 9.73 Å². The summed E-state index contributed by atoms with van der Waals surface area (Å²) >= 11 is 0. The number of carbonyl (C=O) groups is 2. The van der Waals surface area contributed by atoms with Gasteiger partial charge in [-0.1, -0.05) is 12.2 Å². The van der Waals surface area contributed by atoms with E-state index in [1.54, 1.807) is 18.2 Å². The maximum absolute atomic E-state index is 11.7. The Morgan fingerprint density at radius 3 is 3.00 bits per heavy atom. The third kappa shape index (κ3) is 1.72. The van der Waals surface area contributed by atoms with Crippen LogP contribution in [0.25, 0.3) is 0 Å². The molecule has 1 aliphatic heterocycles. The number of esters is 1. The zero-order valence-corrected chi connectivity index (χ0v) is 8.64. The molecule has 2 aliphatic rings. The molecule has 2 N–H and O–H groups in total. The van der Waals surface area contributed by atoms with Gasteiger partial charge >= 0.3 is 5.97 Å². The lowest BCUT2D eigenvalue weighted by Crippen LogP contribution is -2.26. The lowest BCUT2D eigenvalue weighted by Gasteiger charge is -2.16. The van der Waals surface area contributed by atoms with Crippen LogP contribution in [0.15, 0.2) is 40.6 Å². The van der Waals surface area contributed by atoms with Crippen LogP contribution in [0.4, 0.5) is 0 Å². The van der Waals surface area contributed by atoms with Gasteiger partial charge in [-0.2, -0.15) is 0 Å². The summed E-state index contributed by atoms with van der Waals surface area (Å²) in [5.41, 5.74) is 6.54. The molecule has 0 aromatic rings. The maximum atomic E-state index is 11.7. The molecule has 0 amide bonds. The number of nitrogens with two attached hydrogens (primary N) is 1. The van der Waals surface area contributed by atoms with E-state index in [9.17, 15) is 9.59 Å². The van der Waals surface area contributed by atoms with Crippen LogP contribution < -0.4 is 5.73 Å². The molecule has 5 nitrogen and oxygen atoms in total. The number of hydrogen-bond acceptors (Lipinski definition) is 5. The highest BCUT2D eigenvalue weighted by Crippen LogP contribution is 2.18. The van der Waals surface area contributed by atoms with Gasteiger partial charge < -0.3 is 10.5 Å². The van der Waals surface area contributed by atoms with Crippen molar-refractivity contribution in [1.29, 1.82) is 0 Å². The number of nitrogens with zero attached hydrogens (tertiary/aromatic N) is 1. The monoisotopic (exact) mass is 218 g/mol. The lowest BCUT2D eigenvalue weighted by atomic mass is 9.95. The topological polar surface area (TPSA) is 81.8 Å². The largest absolute Gasteiger partial charge is 0.464 e. The lowest BCUT2D eigenvalue weighted by molar-refractivity contribution is -0.136. The summed E-state index contributed by atoms with van der Waals surface area (Å²) in [5, 5.41) is 0. The summed E-state index contributed by atoms with van der Waals surface area (Å²) in [6.07, 6.45) is 6.11. The molecule has 0 aromatic carbocycles. The molecular weight excluding hydrogens is 208 g/mol. The van der Waals surface area contributed by atoms with Crippen LogP contribution in [0, 0.1) is 0 Å². The van der Waals surface area contributed by atoms with Crippen LogP contribution in [0.2, 0.25) is 0 Å². The van der Waals surface area contributed by atoms with Gasteiger partial charge in [0.1, 0.15) is 0 Å². The van der Waals surface area contributed by atoms with Gasteiger partial charge in [-0.25, -0.2) is 9.79 Å². The van der Waals surface area contributed by atoms with Crippen molar-refractivity contribution in [2.45, 2.75) is 6.04 Å². The van der Waals surface area contributed by atoms with Gasteiger partial charge in [0.15, 0.2) is 11.5 Å². The van der Waals surface area contributed by atoms with E-state index < -0.39 is 5.97 Å². The number of aliphatic imine (C=N–C) groups is 1. The molecule has 1 heterocycles. The fourth-order valence-electron chi connectivity index (χ4n) is 1.50. The van der Waals surface area contributed by atoms with Gasteiger partial charge in [-0.3, -0.25) is 4.79 Å². The van der Waals surface area contributed by atoms with Crippen molar-refractivity contribution >= 4 is 17.5 Å². The Balaban J connectivity index is 2.40. The van der Waals surface area contributed by atoms with E-state index in [1.807, 2.05) is 0 Å². The summed E-state index contributed by atoms with van der Waals surface area (Å²) in [4.78, 5) is 26.9. The van der Waals surface area contributed by atoms with Gasteiger partial charge in [0.05, 0.1) is 12.8 Å². The minimum absolute atomic E-state index is 0.0137. The van der Waals surface area contributed by atoms with Crippen molar-refractivity contribution < 1.29 is 14.3 Å². The normalized spacial score (nSPS) is 23.0. The molecule has 0 spiro atoms. The molecule has 2 rings (SSSR count). The molecular formula is C11H10N2O3. The highest BCUT2D eigenvalue weighted by atomic mass is 16.5. The molecule has 0 bridgehead atoms. The van der Waals surface area contributed by atoms with E-state index in [0.717, 1.165) is 6.08 Å². The standard InChI is InChI=1S/C11H10N2O3/c1-16-11(15)9-5-10(14)7-4-6(12)2-3-8(7)13-9/h2-6H,12H2,1H3. The summed E-state index contributed by atoms with van der Waals surface area (Å²) in [7, 11) is 1.24. The van der Waals surface area contributed by atoms with E-state index >= 15 is 0 Å². The van der Waals surface area contributed by atoms with Crippen molar-refractivity contribution in [2.24, 2.45) is 10.7 Å². The Labute approximate surface area is 92.0 Å². The van der Waals surface area contributed by atoms with Crippen molar-refractivity contribution in [3.05, 3.63) is 35.6 Å². The molecule has 1 atom stereocenters. The summed E-state index contributed by atoms with van der Waals surface area (Å²) in [6, 6.07) is -0.286. The minimum atomic E-state index is -0.622. The average Bonchev–Trinajstić information content (AvgIpc) is 2.28. The van der Waals surface area contributed by atoms with Gasteiger partial charge in [-0.15, -0.1) is 0 Å². The Bertz CT molecular complexity index is 483. The van der Waals surface area contributed by atoms with E-state index in [1.165, 1.54) is 7.11 Å². The smallest absolute Gasteiger partial charge is 0.356 e. The predicted octanol–water partition coefficient (Wildman–Crippen LogP) is -0.110. The number of rotatable bonds is 1. The first-order chi connectivity index (χ1) is 7.61. The first-order valence-corrected chi connectivity index (χ1v) is 4.71. The molecule has 0 saturated heterocycles. The van der Waals surface area contributed by atoms with Gasteiger partial charge in [-0.05, 0) is 6.08 Å². The SMILES string of the molecule is COC(=O)C1=CC(=O)C2=CC(N)C=CC2=N1. The molecule has 1 aliphatic carbocycles. The van der Waals surface area contributed by atoms with Crippen molar-refractivity contribution in [2.75, 3.05) is 7.11 Å². The molecule has 0 aromatic heterocycles. The minimum Gasteiger partial charge on any atom is -0.464 e. The molecule has 5 heteroatoms. The number of methoxy groups -OCH3 is 1. The quantitative estimate of drug-likeness (QED) is 0.622. The Morgan fingerprint density at radius 1 is 1.56 bits per heavy atom. The van der Waals surface area contributed by atoms with Gasteiger partial charge in [0, 0.05) is 17.7 Å². The Morgan fingerprint density at radius 2 is 2.31 bits per heavy atom. The highest BCUT2D eigenvalue weighted by molar-refractivity contribution is 6.33. The van der Waals surface area contributed by atoms with E-state index in [0.29, 0.717) is 11.3 Å². The third-order valence-corrected chi connectivity index (χ3v) is 2.28. The average molecular weight is 218 g/mol. The fourth-order valence-corrected chi connectivity index (χ4v) is 1.50. The second kappa shape index (κ2) is 3.86. The summed E-state index contributed by atoms with van der Waals surface area (Å²) < 4.78 is 4.50. The molecule has 16 heavy (non-hydrogen) atoms. The van der Waals surface area contributed by atoms with Crippen LogP contribution in [0.3, 0.4) is 0 Å². The summed E-state index contributed by atoms with van der Waals surface area (Å²) in [5.74, 6) is -0.895. The van der Waals surface area contributed by atoms with E-state index in [4.69, 9.17) is 5.73 Å². The molecule has 82 valence electrons. The summed E-state index contributed by atoms with van der Waals surface area (Å²) in [6.45, 7) is 0. The van der Waals surface area contributed by atoms with Gasteiger partial charge in [0.25, 0.3) is 0 Å². The van der Waals surface area contributed by atoms with Crippen LogP contribution in [-0.2, 0) is 14.3 Å². The van der Waals surface area contributed by atoms with Gasteiger partial charge in [0.2, 0.25) is 0 Å². The van der Waals surface area contributed by atoms with Crippen LogP contribution in [0.1, 0.15) is 0 Å². The first-order valence-electron chi connectivity index (χ1n) is 4.71. The van der Waals surface area contributed by atoms with Crippen molar-refractivity contribution in [3.8, 4) is 0 Å². The first kappa shape index (κ1) is 10.5.